The van der Waals surface area contributed by atoms with E-state index in [-0.39, 0.29) is 12.4 Å². The van der Waals surface area contributed by atoms with Gasteiger partial charge in [-0.15, -0.1) is 0 Å². The first-order chi connectivity index (χ1) is 6.72. The smallest absolute Gasteiger partial charge is 0.170 e. The fourth-order valence-electron chi connectivity index (χ4n) is 1.07. The highest BCUT2D eigenvalue weighted by molar-refractivity contribution is 9.10. The molecule has 0 amide bonds. The van der Waals surface area contributed by atoms with E-state index < -0.39 is 0 Å². The molecule has 0 unspecified atom stereocenters. The molecule has 0 aromatic heterocycles. The molecule has 14 heavy (non-hydrogen) atoms. The molecule has 0 atom stereocenters. The number of carbonyl (C=O) groups is 1. The van der Waals surface area contributed by atoms with Crippen molar-refractivity contribution in [2.45, 2.75) is 19.8 Å². The van der Waals surface area contributed by atoms with Crippen molar-refractivity contribution in [1.82, 2.24) is 0 Å². The number of hydrogen-bond acceptors (Lipinski definition) is 2. The maximum Gasteiger partial charge on any atom is 0.170 e. The Kier molecular flexibility index (Phi) is 4.66. The van der Waals surface area contributed by atoms with Gasteiger partial charge in [-0.25, -0.2) is 0 Å². The monoisotopic (exact) mass is 256 g/mol. The molecule has 3 heteroatoms. The average Bonchev–Trinajstić information content (AvgIpc) is 2.15. The van der Waals surface area contributed by atoms with E-state index in [1.807, 2.05) is 31.2 Å². The van der Waals surface area contributed by atoms with Crippen molar-refractivity contribution >= 4 is 21.7 Å². The van der Waals surface area contributed by atoms with E-state index in [1.165, 1.54) is 0 Å². The molecule has 1 aromatic carbocycles. The predicted molar refractivity (Wildman–Crippen MR) is 59.6 cm³/mol. The molecule has 0 radical (unpaired) electrons. The van der Waals surface area contributed by atoms with E-state index in [0.29, 0.717) is 6.42 Å². The van der Waals surface area contributed by atoms with E-state index >= 15 is 0 Å². The van der Waals surface area contributed by atoms with Gasteiger partial charge in [-0.05, 0) is 24.6 Å². The SMILES string of the molecule is CCCC(=O)COc1cccc(Br)c1. The van der Waals surface area contributed by atoms with Crippen LogP contribution in [0.1, 0.15) is 19.8 Å². The van der Waals surface area contributed by atoms with E-state index in [2.05, 4.69) is 15.9 Å². The minimum atomic E-state index is 0.146. The Bertz CT molecular complexity index is 310. The van der Waals surface area contributed by atoms with Crippen LogP contribution in [0.3, 0.4) is 0 Å². The van der Waals surface area contributed by atoms with Gasteiger partial charge < -0.3 is 4.74 Å². The Morgan fingerprint density at radius 2 is 2.29 bits per heavy atom. The van der Waals surface area contributed by atoms with Gasteiger partial charge in [0.1, 0.15) is 12.4 Å². The second-order valence-electron chi connectivity index (χ2n) is 3.03. The molecule has 0 saturated carbocycles. The Morgan fingerprint density at radius 1 is 1.50 bits per heavy atom. The summed E-state index contributed by atoms with van der Waals surface area (Å²) in [4.78, 5) is 11.2. The fraction of sp³-hybridized carbons (Fsp3) is 0.364. The second kappa shape index (κ2) is 5.81. The van der Waals surface area contributed by atoms with E-state index in [0.717, 1.165) is 16.6 Å². The van der Waals surface area contributed by atoms with Crippen LogP contribution in [0.2, 0.25) is 0 Å². The third kappa shape index (κ3) is 3.92. The Labute approximate surface area is 92.4 Å². The van der Waals surface area contributed by atoms with Crippen LogP contribution < -0.4 is 4.74 Å². The minimum absolute atomic E-state index is 0.146. The lowest BCUT2D eigenvalue weighted by Gasteiger charge is -2.04. The Hall–Kier alpha value is -0.830. The number of halogens is 1. The normalized spacial score (nSPS) is 9.86. The quantitative estimate of drug-likeness (QED) is 0.809. The summed E-state index contributed by atoms with van der Waals surface area (Å²) in [5.41, 5.74) is 0. The highest BCUT2D eigenvalue weighted by Crippen LogP contribution is 2.17. The van der Waals surface area contributed by atoms with Crippen molar-refractivity contribution in [2.75, 3.05) is 6.61 Å². The molecular weight excluding hydrogens is 244 g/mol. The molecule has 76 valence electrons. The first-order valence-corrected chi connectivity index (χ1v) is 5.41. The van der Waals surface area contributed by atoms with Gasteiger partial charge in [-0.1, -0.05) is 28.9 Å². The number of rotatable bonds is 5. The summed E-state index contributed by atoms with van der Waals surface area (Å²) in [5, 5.41) is 0. The number of carbonyl (C=O) groups excluding carboxylic acids is 1. The highest BCUT2D eigenvalue weighted by atomic mass is 79.9. The first kappa shape index (κ1) is 11.2. The molecule has 0 aliphatic carbocycles. The molecule has 0 aliphatic rings. The molecule has 0 aliphatic heterocycles. The van der Waals surface area contributed by atoms with E-state index in [9.17, 15) is 4.79 Å². The fourth-order valence-corrected chi connectivity index (χ4v) is 1.45. The van der Waals surface area contributed by atoms with Crippen LogP contribution in [0.15, 0.2) is 28.7 Å². The lowest BCUT2D eigenvalue weighted by molar-refractivity contribution is -0.121. The zero-order valence-corrected chi connectivity index (χ0v) is 9.71. The summed E-state index contributed by atoms with van der Waals surface area (Å²) >= 11 is 3.33. The summed E-state index contributed by atoms with van der Waals surface area (Å²) in [6.45, 7) is 2.15. The third-order valence-electron chi connectivity index (χ3n) is 1.72. The van der Waals surface area contributed by atoms with Crippen LogP contribution in [0.25, 0.3) is 0 Å². The third-order valence-corrected chi connectivity index (χ3v) is 2.22. The highest BCUT2D eigenvalue weighted by Gasteiger charge is 2.01. The van der Waals surface area contributed by atoms with Crippen molar-refractivity contribution < 1.29 is 9.53 Å². The van der Waals surface area contributed by atoms with Crippen LogP contribution in [-0.2, 0) is 4.79 Å². The minimum Gasteiger partial charge on any atom is -0.486 e. The molecule has 2 nitrogen and oxygen atoms in total. The molecule has 0 spiro atoms. The summed E-state index contributed by atoms with van der Waals surface area (Å²) in [6.07, 6.45) is 1.47. The number of Topliss-reactive ketones (excluding diaryl/α,β-unsaturated/α-hetero) is 1. The van der Waals surface area contributed by atoms with Gasteiger partial charge in [0, 0.05) is 10.9 Å². The largest absolute Gasteiger partial charge is 0.486 e. The number of ether oxygens (including phenoxy) is 1. The molecule has 1 rings (SSSR count). The van der Waals surface area contributed by atoms with Crippen molar-refractivity contribution in [3.8, 4) is 5.75 Å². The van der Waals surface area contributed by atoms with E-state index in [4.69, 9.17) is 4.74 Å². The summed E-state index contributed by atoms with van der Waals surface area (Å²) in [7, 11) is 0. The standard InChI is InChI=1S/C11H13BrO2/c1-2-4-10(13)8-14-11-6-3-5-9(12)7-11/h3,5-7H,2,4,8H2,1H3. The van der Waals surface area contributed by atoms with Crippen LogP contribution in [0, 0.1) is 0 Å². The van der Waals surface area contributed by atoms with Gasteiger partial charge in [0.25, 0.3) is 0 Å². The molecule has 0 N–H and O–H groups in total. The van der Waals surface area contributed by atoms with Gasteiger partial charge >= 0.3 is 0 Å². The zero-order chi connectivity index (χ0) is 10.4. The molecule has 0 heterocycles. The Morgan fingerprint density at radius 3 is 2.93 bits per heavy atom. The van der Waals surface area contributed by atoms with Gasteiger partial charge in [-0.3, -0.25) is 4.79 Å². The molecule has 0 fully saturated rings. The topological polar surface area (TPSA) is 26.3 Å². The van der Waals surface area contributed by atoms with Gasteiger partial charge in [0.2, 0.25) is 0 Å². The zero-order valence-electron chi connectivity index (χ0n) is 8.13. The molecule has 0 saturated heterocycles. The van der Waals surface area contributed by atoms with Crippen molar-refractivity contribution in [1.29, 1.82) is 0 Å². The number of hydrogen-bond donors (Lipinski definition) is 0. The van der Waals surface area contributed by atoms with E-state index in [1.54, 1.807) is 0 Å². The van der Waals surface area contributed by atoms with Crippen molar-refractivity contribution in [2.24, 2.45) is 0 Å². The predicted octanol–water partition coefficient (Wildman–Crippen LogP) is 3.20. The number of ketones is 1. The van der Waals surface area contributed by atoms with Gasteiger partial charge in [-0.2, -0.15) is 0 Å². The summed E-state index contributed by atoms with van der Waals surface area (Å²) in [6, 6.07) is 7.48. The second-order valence-corrected chi connectivity index (χ2v) is 3.95. The van der Waals surface area contributed by atoms with Crippen molar-refractivity contribution in [3.63, 3.8) is 0 Å². The number of benzene rings is 1. The van der Waals surface area contributed by atoms with Crippen LogP contribution in [0.5, 0.6) is 5.75 Å². The lowest BCUT2D eigenvalue weighted by atomic mass is 10.2. The van der Waals surface area contributed by atoms with Crippen molar-refractivity contribution in [3.05, 3.63) is 28.7 Å². The van der Waals surface area contributed by atoms with Gasteiger partial charge in [0.15, 0.2) is 5.78 Å². The summed E-state index contributed by atoms with van der Waals surface area (Å²) < 4.78 is 6.28. The summed E-state index contributed by atoms with van der Waals surface area (Å²) in [5.74, 6) is 0.872. The molecule has 1 aromatic rings. The molecule has 0 bridgehead atoms. The average molecular weight is 257 g/mol. The molecular formula is C11H13BrO2. The first-order valence-electron chi connectivity index (χ1n) is 4.62. The van der Waals surface area contributed by atoms with Crippen LogP contribution in [-0.4, -0.2) is 12.4 Å². The lowest BCUT2D eigenvalue weighted by Crippen LogP contribution is -2.10. The van der Waals surface area contributed by atoms with Crippen LogP contribution in [0.4, 0.5) is 0 Å². The maximum absolute atomic E-state index is 11.2. The van der Waals surface area contributed by atoms with Crippen LogP contribution >= 0.6 is 15.9 Å². The Balaban J connectivity index is 2.41. The van der Waals surface area contributed by atoms with Gasteiger partial charge in [0.05, 0.1) is 0 Å². The maximum atomic E-state index is 11.2.